The largest absolute Gasteiger partial charge is 0.481 e. The minimum atomic E-state index is -1.02. The molecule has 1 aromatic rings. The Morgan fingerprint density at radius 2 is 2.11 bits per heavy atom. The SMILES string of the molecule is C#Cc1cccc(NC(=O)NCC(C)(C)C(=O)O)c1. The lowest BCUT2D eigenvalue weighted by Gasteiger charge is -2.19. The summed E-state index contributed by atoms with van der Waals surface area (Å²) in [6, 6.07) is 6.36. The molecular weight excluding hydrogens is 244 g/mol. The Hall–Kier alpha value is -2.48. The number of carboxylic acid groups (broad SMARTS) is 1. The third-order valence-corrected chi connectivity index (χ3v) is 2.56. The summed E-state index contributed by atoms with van der Waals surface area (Å²) in [5.74, 6) is 1.49. The second-order valence-corrected chi connectivity index (χ2v) is 4.72. The standard InChI is InChI=1S/C14H16N2O3/c1-4-10-6-5-7-11(8-10)16-13(19)15-9-14(2,3)12(17)18/h1,5-8H,9H2,2-3H3,(H,17,18)(H2,15,16,19). The highest BCUT2D eigenvalue weighted by molar-refractivity contribution is 5.89. The molecule has 0 fully saturated rings. The summed E-state index contributed by atoms with van der Waals surface area (Å²) in [7, 11) is 0. The van der Waals surface area contributed by atoms with Crippen LogP contribution in [0.4, 0.5) is 10.5 Å². The predicted molar refractivity (Wildman–Crippen MR) is 72.8 cm³/mol. The molecule has 0 heterocycles. The number of amides is 2. The molecule has 5 nitrogen and oxygen atoms in total. The maximum absolute atomic E-state index is 11.6. The van der Waals surface area contributed by atoms with Crippen LogP contribution in [0.3, 0.4) is 0 Å². The molecule has 19 heavy (non-hydrogen) atoms. The van der Waals surface area contributed by atoms with Crippen molar-refractivity contribution in [2.24, 2.45) is 5.41 Å². The molecule has 100 valence electrons. The smallest absolute Gasteiger partial charge is 0.319 e. The van der Waals surface area contributed by atoms with Gasteiger partial charge in [-0.15, -0.1) is 6.42 Å². The zero-order chi connectivity index (χ0) is 14.5. The number of nitrogens with one attached hydrogen (secondary N) is 2. The minimum Gasteiger partial charge on any atom is -0.481 e. The van der Waals surface area contributed by atoms with E-state index in [1.807, 2.05) is 0 Å². The Morgan fingerprint density at radius 3 is 2.68 bits per heavy atom. The van der Waals surface area contributed by atoms with Crippen molar-refractivity contribution >= 4 is 17.7 Å². The maximum Gasteiger partial charge on any atom is 0.319 e. The van der Waals surface area contributed by atoms with Crippen molar-refractivity contribution in [2.45, 2.75) is 13.8 Å². The molecule has 0 unspecified atom stereocenters. The molecule has 0 bridgehead atoms. The third-order valence-electron chi connectivity index (χ3n) is 2.56. The van der Waals surface area contributed by atoms with Gasteiger partial charge in [0.05, 0.1) is 5.41 Å². The number of anilines is 1. The molecule has 2 amide bonds. The van der Waals surface area contributed by atoms with E-state index in [2.05, 4.69) is 16.6 Å². The zero-order valence-corrected chi connectivity index (χ0v) is 10.9. The van der Waals surface area contributed by atoms with E-state index < -0.39 is 17.4 Å². The van der Waals surface area contributed by atoms with Crippen molar-refractivity contribution in [3.63, 3.8) is 0 Å². The van der Waals surface area contributed by atoms with Crippen LogP contribution in [0, 0.1) is 17.8 Å². The first-order chi connectivity index (χ1) is 8.85. The molecule has 0 saturated heterocycles. The van der Waals surface area contributed by atoms with Gasteiger partial charge in [-0.1, -0.05) is 12.0 Å². The van der Waals surface area contributed by atoms with Gasteiger partial charge < -0.3 is 15.7 Å². The lowest BCUT2D eigenvalue weighted by molar-refractivity contribution is -0.146. The Kier molecular flexibility index (Phi) is 4.54. The summed E-state index contributed by atoms with van der Waals surface area (Å²) in [5.41, 5.74) is 0.197. The Balaban J connectivity index is 2.57. The predicted octanol–water partition coefficient (Wildman–Crippen LogP) is 1.90. The number of carboxylic acids is 1. The Morgan fingerprint density at radius 1 is 1.42 bits per heavy atom. The molecule has 0 atom stereocenters. The molecule has 0 radical (unpaired) electrons. The molecule has 0 aromatic heterocycles. The molecule has 0 aliphatic heterocycles. The first-order valence-corrected chi connectivity index (χ1v) is 5.70. The highest BCUT2D eigenvalue weighted by atomic mass is 16.4. The fourth-order valence-electron chi connectivity index (χ4n) is 1.24. The number of hydrogen-bond donors (Lipinski definition) is 3. The fraction of sp³-hybridized carbons (Fsp3) is 0.286. The van der Waals surface area contributed by atoms with Crippen LogP contribution in [0.2, 0.25) is 0 Å². The van der Waals surface area contributed by atoms with Gasteiger partial charge in [-0.25, -0.2) is 4.79 Å². The molecule has 1 rings (SSSR count). The van der Waals surface area contributed by atoms with Gasteiger partial charge in [-0.05, 0) is 32.0 Å². The lowest BCUT2D eigenvalue weighted by atomic mass is 9.94. The molecule has 0 saturated carbocycles. The third kappa shape index (κ3) is 4.36. The minimum absolute atomic E-state index is 0.0308. The summed E-state index contributed by atoms with van der Waals surface area (Å²) < 4.78 is 0. The topological polar surface area (TPSA) is 78.4 Å². The number of urea groups is 1. The number of aliphatic carboxylic acids is 1. The van der Waals surface area contributed by atoms with Crippen LogP contribution in [0.5, 0.6) is 0 Å². The highest BCUT2D eigenvalue weighted by Gasteiger charge is 2.27. The Bertz CT molecular complexity index is 530. The van der Waals surface area contributed by atoms with Gasteiger partial charge in [0.1, 0.15) is 0 Å². The number of carbonyl (C=O) groups is 2. The van der Waals surface area contributed by atoms with Crippen LogP contribution in [-0.4, -0.2) is 23.7 Å². The van der Waals surface area contributed by atoms with E-state index in [-0.39, 0.29) is 6.54 Å². The number of terminal acetylenes is 1. The highest BCUT2D eigenvalue weighted by Crippen LogP contribution is 2.13. The second kappa shape index (κ2) is 5.91. The van der Waals surface area contributed by atoms with E-state index in [4.69, 9.17) is 11.5 Å². The molecule has 1 aromatic carbocycles. The average Bonchev–Trinajstić information content (AvgIpc) is 2.36. The van der Waals surface area contributed by atoms with Crippen molar-refractivity contribution in [2.75, 3.05) is 11.9 Å². The number of hydrogen-bond acceptors (Lipinski definition) is 2. The van der Waals surface area contributed by atoms with E-state index in [1.165, 1.54) is 13.8 Å². The molecule has 5 heteroatoms. The van der Waals surface area contributed by atoms with Gasteiger partial charge in [-0.2, -0.15) is 0 Å². The van der Waals surface area contributed by atoms with E-state index in [0.29, 0.717) is 11.3 Å². The van der Waals surface area contributed by atoms with Gasteiger partial charge in [-0.3, -0.25) is 4.79 Å². The first-order valence-electron chi connectivity index (χ1n) is 5.70. The second-order valence-electron chi connectivity index (χ2n) is 4.72. The van der Waals surface area contributed by atoms with Gasteiger partial charge in [0.2, 0.25) is 0 Å². The Labute approximate surface area is 112 Å². The molecular formula is C14H16N2O3. The summed E-state index contributed by atoms with van der Waals surface area (Å²) >= 11 is 0. The normalized spacial score (nSPS) is 10.4. The fourth-order valence-corrected chi connectivity index (χ4v) is 1.24. The molecule has 3 N–H and O–H groups in total. The van der Waals surface area contributed by atoms with Crippen LogP contribution < -0.4 is 10.6 Å². The summed E-state index contributed by atoms with van der Waals surface area (Å²) in [5, 5.41) is 14.0. The van der Waals surface area contributed by atoms with E-state index in [1.54, 1.807) is 24.3 Å². The van der Waals surface area contributed by atoms with Gasteiger partial charge in [0, 0.05) is 17.8 Å². The van der Waals surface area contributed by atoms with E-state index in [9.17, 15) is 9.59 Å². The number of benzene rings is 1. The van der Waals surface area contributed by atoms with E-state index >= 15 is 0 Å². The molecule has 0 aliphatic rings. The maximum atomic E-state index is 11.6. The van der Waals surface area contributed by atoms with Crippen LogP contribution in [0.25, 0.3) is 0 Å². The van der Waals surface area contributed by atoms with Crippen LogP contribution in [0.1, 0.15) is 19.4 Å². The van der Waals surface area contributed by atoms with Gasteiger partial charge in [0.25, 0.3) is 0 Å². The first kappa shape index (κ1) is 14.6. The summed E-state index contributed by atoms with van der Waals surface area (Å²) in [6.07, 6.45) is 5.25. The number of carbonyl (C=O) groups excluding carboxylic acids is 1. The van der Waals surface area contributed by atoms with Gasteiger partial charge in [0.15, 0.2) is 0 Å². The number of rotatable bonds is 4. The zero-order valence-electron chi connectivity index (χ0n) is 10.9. The van der Waals surface area contributed by atoms with Crippen LogP contribution >= 0.6 is 0 Å². The van der Waals surface area contributed by atoms with Crippen molar-refractivity contribution in [1.82, 2.24) is 5.32 Å². The molecule has 0 aliphatic carbocycles. The van der Waals surface area contributed by atoms with Crippen molar-refractivity contribution in [3.05, 3.63) is 29.8 Å². The monoisotopic (exact) mass is 260 g/mol. The quantitative estimate of drug-likeness (QED) is 0.723. The lowest BCUT2D eigenvalue weighted by Crippen LogP contribution is -2.40. The van der Waals surface area contributed by atoms with Crippen molar-refractivity contribution in [1.29, 1.82) is 0 Å². The van der Waals surface area contributed by atoms with E-state index in [0.717, 1.165) is 0 Å². The van der Waals surface area contributed by atoms with Gasteiger partial charge >= 0.3 is 12.0 Å². The molecule has 0 spiro atoms. The van der Waals surface area contributed by atoms with Crippen LogP contribution in [0.15, 0.2) is 24.3 Å². The van der Waals surface area contributed by atoms with Crippen molar-refractivity contribution in [3.8, 4) is 12.3 Å². The summed E-state index contributed by atoms with van der Waals surface area (Å²) in [4.78, 5) is 22.5. The van der Waals surface area contributed by atoms with Crippen LogP contribution in [-0.2, 0) is 4.79 Å². The average molecular weight is 260 g/mol. The summed E-state index contributed by atoms with van der Waals surface area (Å²) in [6.45, 7) is 3.10. The van der Waals surface area contributed by atoms with Crippen molar-refractivity contribution < 1.29 is 14.7 Å².